The van der Waals surface area contributed by atoms with E-state index in [1.807, 2.05) is 12.1 Å². The van der Waals surface area contributed by atoms with Gasteiger partial charge in [-0.1, -0.05) is 48.6 Å². The summed E-state index contributed by atoms with van der Waals surface area (Å²) in [6.07, 6.45) is 7.51. The summed E-state index contributed by atoms with van der Waals surface area (Å²) in [5.41, 5.74) is 4.79. The van der Waals surface area contributed by atoms with Crippen molar-refractivity contribution in [3.8, 4) is 0 Å². The van der Waals surface area contributed by atoms with Crippen molar-refractivity contribution < 1.29 is 14.7 Å². The Hall–Kier alpha value is -2.29. The van der Waals surface area contributed by atoms with E-state index in [0.29, 0.717) is 21.2 Å². The summed E-state index contributed by atoms with van der Waals surface area (Å²) < 4.78 is 0.292. The van der Waals surface area contributed by atoms with Gasteiger partial charge in [0.1, 0.15) is 10.9 Å². The molecule has 1 saturated carbocycles. The number of fused-ring (bicyclic) bond motifs is 3. The van der Waals surface area contributed by atoms with Gasteiger partial charge < -0.3 is 10.0 Å². The van der Waals surface area contributed by atoms with Gasteiger partial charge in [0.25, 0.3) is 5.91 Å². The molecule has 8 heteroatoms. The zero-order valence-electron chi connectivity index (χ0n) is 17.5. The molecule has 32 heavy (non-hydrogen) atoms. The van der Waals surface area contributed by atoms with Crippen LogP contribution in [0.2, 0.25) is 0 Å². The normalized spacial score (nSPS) is 23.2. The van der Waals surface area contributed by atoms with Gasteiger partial charge in [0.05, 0.1) is 10.6 Å². The molecule has 2 aliphatic heterocycles. The van der Waals surface area contributed by atoms with Crippen LogP contribution in [-0.4, -0.2) is 45.0 Å². The maximum Gasteiger partial charge on any atom is 0.323 e. The number of amides is 1. The number of para-hydroxylation sites is 1. The third-order valence-electron chi connectivity index (χ3n) is 6.33. The summed E-state index contributed by atoms with van der Waals surface area (Å²) in [6, 6.07) is 15.4. The molecule has 0 aromatic heterocycles. The van der Waals surface area contributed by atoms with Crippen molar-refractivity contribution in [1.82, 2.24) is 4.90 Å². The molecule has 0 bridgehead atoms. The van der Waals surface area contributed by atoms with Crippen LogP contribution in [0.1, 0.15) is 36.3 Å². The molecule has 2 atom stereocenters. The molecule has 0 spiro atoms. The van der Waals surface area contributed by atoms with E-state index in [2.05, 4.69) is 47.6 Å². The molecule has 2 aromatic rings. The van der Waals surface area contributed by atoms with Gasteiger partial charge in [-0.2, -0.15) is 0 Å². The van der Waals surface area contributed by atoms with E-state index >= 15 is 0 Å². The number of nitrogens with zero attached hydrogens (tertiary/aromatic N) is 2. The lowest BCUT2D eigenvalue weighted by molar-refractivity contribution is -0.140. The molecule has 3 aliphatic rings. The number of hydrogen-bond acceptors (Lipinski definition) is 6. The van der Waals surface area contributed by atoms with Crippen LogP contribution in [0.4, 0.5) is 11.4 Å². The van der Waals surface area contributed by atoms with Gasteiger partial charge in [0.2, 0.25) is 0 Å². The minimum absolute atomic E-state index is 0.292. The van der Waals surface area contributed by atoms with Gasteiger partial charge in [0, 0.05) is 22.5 Å². The Kier molecular flexibility index (Phi) is 5.77. The number of carboxylic acids is 1. The van der Waals surface area contributed by atoms with E-state index in [1.165, 1.54) is 52.9 Å². The first-order valence-electron chi connectivity index (χ1n) is 10.5. The first-order valence-corrected chi connectivity index (χ1v) is 13.0. The van der Waals surface area contributed by atoms with Gasteiger partial charge >= 0.3 is 5.97 Å². The Morgan fingerprint density at radius 2 is 2.06 bits per heavy atom. The Labute approximate surface area is 200 Å². The van der Waals surface area contributed by atoms with E-state index in [1.54, 1.807) is 11.8 Å². The standard InChI is InChI=1S/C24H22N2O3S3/c1-31-20-8-3-2-6-19(20)26-17-7-4-5-15(17)16-11-14(9-10-18(16)26)12-21-23(29)25(13-22(27)28)24(30)32-21/h2-3,6,8-12,15,17H,4-5,7,13H2,1H3,(H,27,28)/b21-12+. The van der Waals surface area contributed by atoms with Gasteiger partial charge in [-0.3, -0.25) is 14.5 Å². The zero-order valence-corrected chi connectivity index (χ0v) is 19.9. The summed E-state index contributed by atoms with van der Waals surface area (Å²) in [4.78, 5) is 29.1. The second-order valence-electron chi connectivity index (χ2n) is 8.13. The average molecular weight is 483 g/mol. The maximum absolute atomic E-state index is 12.7. The number of thiocarbonyl (C=S) groups is 1. The molecular weight excluding hydrogens is 460 g/mol. The minimum atomic E-state index is -1.07. The number of thioether (sulfide) groups is 2. The average Bonchev–Trinajstić information content (AvgIpc) is 3.43. The third-order valence-corrected chi connectivity index (χ3v) is 8.49. The SMILES string of the molecule is CSc1ccccc1N1c2ccc(/C=C3/SC(=S)N(CC(=O)O)C3=O)cc2C2CCCC21. The number of benzene rings is 2. The van der Waals surface area contributed by atoms with Gasteiger partial charge in [-0.05, 0) is 60.6 Å². The van der Waals surface area contributed by atoms with Gasteiger partial charge in [-0.15, -0.1) is 11.8 Å². The van der Waals surface area contributed by atoms with Crippen LogP contribution in [0.25, 0.3) is 6.08 Å². The van der Waals surface area contributed by atoms with Crippen molar-refractivity contribution in [2.75, 3.05) is 17.7 Å². The van der Waals surface area contributed by atoms with E-state index in [0.717, 1.165) is 10.5 Å². The molecule has 0 radical (unpaired) electrons. The van der Waals surface area contributed by atoms with E-state index in [-0.39, 0.29) is 5.91 Å². The van der Waals surface area contributed by atoms with Crippen molar-refractivity contribution in [2.24, 2.45) is 0 Å². The van der Waals surface area contributed by atoms with Crippen molar-refractivity contribution in [3.63, 3.8) is 0 Å². The first kappa shape index (κ1) is 21.6. The molecule has 2 aromatic carbocycles. The topological polar surface area (TPSA) is 60.9 Å². The number of carboxylic acid groups (broad SMARTS) is 1. The Morgan fingerprint density at radius 1 is 1.25 bits per heavy atom. The fraction of sp³-hybridized carbons (Fsp3) is 0.292. The molecule has 5 rings (SSSR count). The Morgan fingerprint density at radius 3 is 2.84 bits per heavy atom. The highest BCUT2D eigenvalue weighted by Gasteiger charge is 2.42. The molecule has 2 unspecified atom stereocenters. The van der Waals surface area contributed by atoms with Crippen molar-refractivity contribution in [1.29, 1.82) is 0 Å². The quantitative estimate of drug-likeness (QED) is 0.344. The zero-order chi connectivity index (χ0) is 22.4. The lowest BCUT2D eigenvalue weighted by Crippen LogP contribution is -2.33. The highest BCUT2D eigenvalue weighted by Crippen LogP contribution is 2.53. The van der Waals surface area contributed by atoms with E-state index in [4.69, 9.17) is 17.3 Å². The lowest BCUT2D eigenvalue weighted by atomic mass is 9.96. The number of aliphatic carboxylic acids is 1. The van der Waals surface area contributed by atoms with Crippen LogP contribution in [0.15, 0.2) is 52.3 Å². The molecule has 2 fully saturated rings. The predicted molar refractivity (Wildman–Crippen MR) is 135 cm³/mol. The molecule has 164 valence electrons. The number of anilines is 2. The van der Waals surface area contributed by atoms with Crippen molar-refractivity contribution in [3.05, 3.63) is 58.5 Å². The summed E-state index contributed by atoms with van der Waals surface area (Å²) in [5, 5.41) is 9.05. The predicted octanol–water partition coefficient (Wildman–Crippen LogP) is 5.48. The maximum atomic E-state index is 12.7. The molecular formula is C24H22N2O3S3. The number of carbonyl (C=O) groups is 2. The monoisotopic (exact) mass is 482 g/mol. The molecule has 1 saturated heterocycles. The van der Waals surface area contributed by atoms with Crippen molar-refractivity contribution in [2.45, 2.75) is 36.1 Å². The summed E-state index contributed by atoms with van der Waals surface area (Å²) in [7, 11) is 0. The number of hydrogen-bond donors (Lipinski definition) is 1. The fourth-order valence-corrected chi connectivity index (χ4v) is 6.88. The van der Waals surface area contributed by atoms with Gasteiger partial charge in [-0.25, -0.2) is 0 Å². The van der Waals surface area contributed by atoms with Crippen LogP contribution in [-0.2, 0) is 9.59 Å². The first-order chi connectivity index (χ1) is 15.5. The van der Waals surface area contributed by atoms with Crippen LogP contribution >= 0.6 is 35.7 Å². The summed E-state index contributed by atoms with van der Waals surface area (Å²) in [6.45, 7) is -0.403. The van der Waals surface area contributed by atoms with Gasteiger partial charge in [0.15, 0.2) is 0 Å². The molecule has 1 N–H and O–H groups in total. The van der Waals surface area contributed by atoms with Crippen LogP contribution in [0, 0.1) is 0 Å². The molecule has 2 heterocycles. The van der Waals surface area contributed by atoms with Crippen LogP contribution < -0.4 is 4.90 Å². The Balaban J connectivity index is 1.51. The van der Waals surface area contributed by atoms with Crippen LogP contribution in [0.3, 0.4) is 0 Å². The minimum Gasteiger partial charge on any atom is -0.480 e. The number of carbonyl (C=O) groups excluding carboxylic acids is 1. The summed E-state index contributed by atoms with van der Waals surface area (Å²) in [5.74, 6) is -0.926. The number of rotatable bonds is 5. The second kappa shape index (κ2) is 8.57. The largest absolute Gasteiger partial charge is 0.480 e. The highest BCUT2D eigenvalue weighted by atomic mass is 32.2. The highest BCUT2D eigenvalue weighted by molar-refractivity contribution is 8.26. The van der Waals surface area contributed by atoms with Crippen LogP contribution in [0.5, 0.6) is 0 Å². The smallest absolute Gasteiger partial charge is 0.323 e. The van der Waals surface area contributed by atoms with E-state index in [9.17, 15) is 9.59 Å². The molecule has 5 nitrogen and oxygen atoms in total. The molecule has 1 aliphatic carbocycles. The lowest BCUT2D eigenvalue weighted by Gasteiger charge is -2.28. The fourth-order valence-electron chi connectivity index (χ4n) is 5.03. The third kappa shape index (κ3) is 3.64. The Bertz CT molecular complexity index is 1160. The second-order valence-corrected chi connectivity index (χ2v) is 10.7. The molecule has 1 amide bonds. The van der Waals surface area contributed by atoms with E-state index < -0.39 is 12.5 Å². The summed E-state index contributed by atoms with van der Waals surface area (Å²) >= 11 is 8.15. The van der Waals surface area contributed by atoms with Crippen molar-refractivity contribution >= 4 is 69.4 Å².